The number of aromatic nitrogens is 2. The largest absolute Gasteiger partial charge is 0.415 e. The van der Waals surface area contributed by atoms with Gasteiger partial charge in [-0.25, -0.2) is 0 Å². The maximum absolute atomic E-state index is 5.13. The van der Waals surface area contributed by atoms with E-state index in [-0.39, 0.29) is 0 Å². The topological polar surface area (TPSA) is 38.9 Å². The van der Waals surface area contributed by atoms with Crippen molar-refractivity contribution in [1.82, 2.24) is 10.2 Å². The lowest BCUT2D eigenvalue weighted by Crippen LogP contribution is -1.77. The van der Waals surface area contributed by atoms with E-state index in [1.54, 1.807) is 6.92 Å². The van der Waals surface area contributed by atoms with Crippen molar-refractivity contribution in [3.05, 3.63) is 47.2 Å². The summed E-state index contributed by atoms with van der Waals surface area (Å²) in [6.07, 6.45) is 0. The van der Waals surface area contributed by atoms with Crippen molar-refractivity contribution in [3.8, 4) is 11.8 Å². The molecule has 3 heteroatoms. The molecule has 0 bridgehead atoms. The van der Waals surface area contributed by atoms with Crippen molar-refractivity contribution in [1.29, 1.82) is 0 Å². The third-order valence-corrected chi connectivity index (χ3v) is 1.89. The van der Waals surface area contributed by atoms with E-state index in [1.807, 2.05) is 31.2 Å². The summed E-state index contributed by atoms with van der Waals surface area (Å²) in [5.41, 5.74) is 2.16. The highest BCUT2D eigenvalue weighted by Gasteiger charge is 1.95. The first-order chi connectivity index (χ1) is 7.24. The Morgan fingerprint density at radius 1 is 1.00 bits per heavy atom. The van der Waals surface area contributed by atoms with Gasteiger partial charge in [0.1, 0.15) is 0 Å². The number of hydrogen-bond donors (Lipinski definition) is 0. The van der Waals surface area contributed by atoms with E-state index < -0.39 is 0 Å². The molecule has 1 aromatic heterocycles. The molecule has 1 aromatic carbocycles. The summed E-state index contributed by atoms with van der Waals surface area (Å²) in [4.78, 5) is 0. The first kappa shape index (κ1) is 9.47. The van der Waals surface area contributed by atoms with E-state index in [2.05, 4.69) is 22.0 Å². The first-order valence-electron chi connectivity index (χ1n) is 4.63. The normalized spacial score (nSPS) is 9.47. The number of nitrogens with zero attached hydrogens (tertiary/aromatic N) is 2. The molecule has 0 saturated carbocycles. The summed E-state index contributed by atoms with van der Waals surface area (Å²) < 4.78 is 5.13. The molecule has 2 rings (SSSR count). The standard InChI is InChI=1S/C12H10N2O/c1-9-3-5-11(6-4-9)7-8-12-14-13-10(2)15-12/h3-6H,1-2H3. The molecule has 3 nitrogen and oxygen atoms in total. The van der Waals surface area contributed by atoms with E-state index in [9.17, 15) is 0 Å². The second kappa shape index (κ2) is 3.97. The lowest BCUT2D eigenvalue weighted by molar-refractivity contribution is 0.507. The van der Waals surface area contributed by atoms with Crippen molar-refractivity contribution in [2.45, 2.75) is 13.8 Å². The highest BCUT2D eigenvalue weighted by atomic mass is 16.4. The van der Waals surface area contributed by atoms with E-state index in [1.165, 1.54) is 5.56 Å². The van der Waals surface area contributed by atoms with Gasteiger partial charge in [0.15, 0.2) is 0 Å². The number of aryl methyl sites for hydroxylation is 2. The molecule has 0 spiro atoms. The Morgan fingerprint density at radius 3 is 2.33 bits per heavy atom. The van der Waals surface area contributed by atoms with E-state index >= 15 is 0 Å². The minimum absolute atomic E-state index is 0.355. The second-order valence-corrected chi connectivity index (χ2v) is 3.24. The van der Waals surface area contributed by atoms with Crippen molar-refractivity contribution in [2.75, 3.05) is 0 Å². The van der Waals surface area contributed by atoms with Crippen LogP contribution in [-0.2, 0) is 0 Å². The zero-order valence-electron chi connectivity index (χ0n) is 8.61. The molecule has 15 heavy (non-hydrogen) atoms. The lowest BCUT2D eigenvalue weighted by atomic mass is 10.2. The zero-order chi connectivity index (χ0) is 10.7. The molecule has 74 valence electrons. The van der Waals surface area contributed by atoms with Gasteiger partial charge in [0.25, 0.3) is 5.89 Å². The van der Waals surface area contributed by atoms with Crippen molar-refractivity contribution >= 4 is 0 Å². The van der Waals surface area contributed by atoms with Crippen LogP contribution in [0.25, 0.3) is 0 Å². The Labute approximate surface area is 88.1 Å². The molecule has 0 saturated heterocycles. The van der Waals surface area contributed by atoms with Crippen molar-refractivity contribution in [3.63, 3.8) is 0 Å². The van der Waals surface area contributed by atoms with E-state index in [4.69, 9.17) is 4.42 Å². The predicted molar refractivity (Wildman–Crippen MR) is 56.2 cm³/mol. The average molecular weight is 198 g/mol. The van der Waals surface area contributed by atoms with Crippen LogP contribution in [0.4, 0.5) is 0 Å². The highest BCUT2D eigenvalue weighted by molar-refractivity contribution is 5.38. The van der Waals surface area contributed by atoms with Gasteiger partial charge in [0.2, 0.25) is 5.89 Å². The smallest absolute Gasteiger partial charge is 0.294 e. The second-order valence-electron chi connectivity index (χ2n) is 3.24. The summed E-state index contributed by atoms with van der Waals surface area (Å²) >= 11 is 0. The van der Waals surface area contributed by atoms with Crippen LogP contribution in [0.2, 0.25) is 0 Å². The molecule has 1 heterocycles. The van der Waals surface area contributed by atoms with Crippen LogP contribution in [0.5, 0.6) is 0 Å². The summed E-state index contributed by atoms with van der Waals surface area (Å²) in [5, 5.41) is 7.48. The molecule has 0 aliphatic carbocycles. The quantitative estimate of drug-likeness (QED) is 0.608. The van der Waals surface area contributed by atoms with Crippen LogP contribution in [0.1, 0.15) is 22.9 Å². The molecule has 0 fully saturated rings. The van der Waals surface area contributed by atoms with Crippen LogP contribution in [0, 0.1) is 25.7 Å². The van der Waals surface area contributed by atoms with Crippen LogP contribution >= 0.6 is 0 Å². The van der Waals surface area contributed by atoms with Crippen molar-refractivity contribution in [2.24, 2.45) is 0 Å². The summed E-state index contributed by atoms with van der Waals surface area (Å²) in [5.74, 6) is 6.65. The maximum Gasteiger partial charge on any atom is 0.294 e. The molecule has 0 aliphatic heterocycles. The molecule has 0 radical (unpaired) electrons. The maximum atomic E-state index is 5.13. The fourth-order valence-corrected chi connectivity index (χ4v) is 1.11. The van der Waals surface area contributed by atoms with E-state index in [0.717, 1.165) is 5.56 Å². The Kier molecular flexibility index (Phi) is 2.51. The van der Waals surface area contributed by atoms with Crippen molar-refractivity contribution < 1.29 is 4.42 Å². The Hall–Kier alpha value is -2.08. The fourth-order valence-electron chi connectivity index (χ4n) is 1.11. The predicted octanol–water partition coefficient (Wildman–Crippen LogP) is 2.09. The molecular weight excluding hydrogens is 188 g/mol. The number of rotatable bonds is 0. The van der Waals surface area contributed by atoms with Gasteiger partial charge in [-0.1, -0.05) is 28.7 Å². The van der Waals surface area contributed by atoms with Crippen LogP contribution in [0.3, 0.4) is 0 Å². The molecule has 0 unspecified atom stereocenters. The average Bonchev–Trinajstić information content (AvgIpc) is 2.64. The van der Waals surface area contributed by atoms with Gasteiger partial charge in [-0.15, -0.1) is 5.10 Å². The van der Waals surface area contributed by atoms with E-state index in [0.29, 0.717) is 11.8 Å². The Balaban J connectivity index is 2.22. The third kappa shape index (κ3) is 2.44. The monoisotopic (exact) mass is 198 g/mol. The zero-order valence-corrected chi connectivity index (χ0v) is 8.61. The van der Waals surface area contributed by atoms with Gasteiger partial charge in [0, 0.05) is 12.5 Å². The van der Waals surface area contributed by atoms with Crippen LogP contribution < -0.4 is 0 Å². The van der Waals surface area contributed by atoms with Gasteiger partial charge in [-0.3, -0.25) is 0 Å². The Morgan fingerprint density at radius 2 is 1.73 bits per heavy atom. The lowest BCUT2D eigenvalue weighted by Gasteiger charge is -1.90. The van der Waals surface area contributed by atoms with Crippen LogP contribution in [0.15, 0.2) is 28.7 Å². The molecule has 0 N–H and O–H groups in total. The van der Waals surface area contributed by atoms with Gasteiger partial charge in [0.05, 0.1) is 0 Å². The number of hydrogen-bond acceptors (Lipinski definition) is 3. The summed E-state index contributed by atoms with van der Waals surface area (Å²) in [7, 11) is 0. The first-order valence-corrected chi connectivity index (χ1v) is 4.63. The molecule has 2 aromatic rings. The van der Waals surface area contributed by atoms with Gasteiger partial charge in [-0.2, -0.15) is 0 Å². The molecule has 0 amide bonds. The van der Waals surface area contributed by atoms with Gasteiger partial charge >= 0.3 is 0 Å². The SMILES string of the molecule is Cc1ccc(C#Cc2nnc(C)o2)cc1. The summed E-state index contributed by atoms with van der Waals surface area (Å²) in [6.45, 7) is 3.78. The molecule has 0 atom stereocenters. The minimum atomic E-state index is 0.355. The van der Waals surface area contributed by atoms with Gasteiger partial charge < -0.3 is 4.42 Å². The highest BCUT2D eigenvalue weighted by Crippen LogP contribution is 2.02. The van der Waals surface area contributed by atoms with Crippen LogP contribution in [-0.4, -0.2) is 10.2 Å². The fraction of sp³-hybridized carbons (Fsp3) is 0.167. The third-order valence-electron chi connectivity index (χ3n) is 1.89. The summed E-state index contributed by atoms with van der Waals surface area (Å²) in [6, 6.07) is 7.96. The Bertz CT molecular complexity index is 515. The number of benzene rings is 1. The molecule has 0 aliphatic rings. The minimum Gasteiger partial charge on any atom is -0.415 e. The van der Waals surface area contributed by atoms with Gasteiger partial charge in [-0.05, 0) is 25.0 Å². The molecular formula is C12H10N2O.